The summed E-state index contributed by atoms with van der Waals surface area (Å²) >= 11 is 0. The normalized spacial score (nSPS) is 28.9. The molecule has 4 heteroatoms. The van der Waals surface area contributed by atoms with Crippen molar-refractivity contribution in [3.63, 3.8) is 0 Å². The number of hydrogen-bond donors (Lipinski definition) is 1. The van der Waals surface area contributed by atoms with E-state index < -0.39 is 0 Å². The van der Waals surface area contributed by atoms with Crippen molar-refractivity contribution in [1.82, 2.24) is 14.5 Å². The summed E-state index contributed by atoms with van der Waals surface area (Å²) in [4.78, 5) is 9.14. The van der Waals surface area contributed by atoms with Crippen LogP contribution in [0.5, 0.6) is 0 Å². The third kappa shape index (κ3) is 2.16. The molecule has 1 aliphatic carbocycles. The second-order valence-electron chi connectivity index (χ2n) is 6.98. The highest BCUT2D eigenvalue weighted by Gasteiger charge is 2.44. The van der Waals surface area contributed by atoms with Gasteiger partial charge in [-0.3, -0.25) is 4.98 Å². The predicted molar refractivity (Wildman–Crippen MR) is 86.1 cm³/mol. The molecule has 0 amide bonds. The molecular formula is C17H26N4. The Hall–Kier alpha value is -1.42. The van der Waals surface area contributed by atoms with E-state index in [4.69, 9.17) is 10.7 Å². The van der Waals surface area contributed by atoms with Gasteiger partial charge < -0.3 is 10.3 Å². The summed E-state index contributed by atoms with van der Waals surface area (Å²) in [5, 5.41) is 0. The average molecular weight is 286 g/mol. The Morgan fingerprint density at radius 2 is 2.14 bits per heavy atom. The molecule has 1 aliphatic rings. The van der Waals surface area contributed by atoms with Crippen LogP contribution in [0.3, 0.4) is 0 Å². The van der Waals surface area contributed by atoms with Crippen LogP contribution in [0.15, 0.2) is 18.5 Å². The minimum Gasteiger partial charge on any atom is -0.328 e. The Kier molecular flexibility index (Phi) is 3.52. The van der Waals surface area contributed by atoms with E-state index in [-0.39, 0.29) is 5.41 Å². The third-order valence-electron chi connectivity index (χ3n) is 5.71. The van der Waals surface area contributed by atoms with Crippen LogP contribution in [0.1, 0.15) is 52.3 Å². The molecule has 1 fully saturated rings. The number of nitrogens with zero attached hydrogens (tertiary/aromatic N) is 3. The number of fused-ring (bicyclic) bond motifs is 1. The molecule has 0 spiro atoms. The Bertz CT molecular complexity index is 643. The van der Waals surface area contributed by atoms with Crippen molar-refractivity contribution in [2.75, 3.05) is 0 Å². The highest BCUT2D eigenvalue weighted by molar-refractivity contribution is 5.74. The van der Waals surface area contributed by atoms with Crippen molar-refractivity contribution in [2.24, 2.45) is 17.1 Å². The fourth-order valence-corrected chi connectivity index (χ4v) is 3.91. The lowest BCUT2D eigenvalue weighted by atomic mass is 9.61. The Balaban J connectivity index is 2.11. The summed E-state index contributed by atoms with van der Waals surface area (Å²) in [7, 11) is 0. The summed E-state index contributed by atoms with van der Waals surface area (Å²) < 4.78 is 2.35. The van der Waals surface area contributed by atoms with Gasteiger partial charge in [0.15, 0.2) is 0 Å². The number of aryl methyl sites for hydroxylation is 1. The minimum atomic E-state index is 0.166. The molecule has 4 nitrogen and oxygen atoms in total. The van der Waals surface area contributed by atoms with Crippen LogP contribution in [-0.4, -0.2) is 20.6 Å². The summed E-state index contributed by atoms with van der Waals surface area (Å²) in [6.45, 7) is 10.1. The van der Waals surface area contributed by atoms with Crippen LogP contribution in [0.25, 0.3) is 11.0 Å². The highest BCUT2D eigenvalue weighted by atomic mass is 15.1. The van der Waals surface area contributed by atoms with E-state index in [1.54, 1.807) is 0 Å². The minimum absolute atomic E-state index is 0.166. The fraction of sp³-hybridized carbons (Fsp3) is 0.647. The van der Waals surface area contributed by atoms with E-state index in [9.17, 15) is 0 Å². The monoisotopic (exact) mass is 286 g/mol. The van der Waals surface area contributed by atoms with Crippen LogP contribution in [-0.2, 0) is 6.54 Å². The van der Waals surface area contributed by atoms with Crippen LogP contribution in [0.4, 0.5) is 0 Å². The van der Waals surface area contributed by atoms with Crippen LogP contribution in [0.2, 0.25) is 0 Å². The van der Waals surface area contributed by atoms with Gasteiger partial charge in [-0.05, 0) is 37.2 Å². The van der Waals surface area contributed by atoms with Gasteiger partial charge in [0.25, 0.3) is 0 Å². The Morgan fingerprint density at radius 1 is 1.38 bits per heavy atom. The molecule has 2 aromatic heterocycles. The first-order valence-electron chi connectivity index (χ1n) is 8.02. The molecule has 3 unspecified atom stereocenters. The second-order valence-corrected chi connectivity index (χ2v) is 6.98. The highest BCUT2D eigenvalue weighted by Crippen LogP contribution is 2.49. The van der Waals surface area contributed by atoms with Gasteiger partial charge in [-0.25, -0.2) is 4.98 Å². The predicted octanol–water partition coefficient (Wildman–Crippen LogP) is 3.32. The zero-order chi connectivity index (χ0) is 15.2. The maximum Gasteiger partial charge on any atom is 0.113 e. The number of aromatic nitrogens is 3. The van der Waals surface area contributed by atoms with Crippen LogP contribution < -0.4 is 5.73 Å². The molecule has 0 bridgehead atoms. The standard InChI is InChI=1S/C17H26N4/c1-5-21-15-8-9-19-10-14(15)20-16(21)12-6-7-13(18)11(2)17(12,3)4/h8-13H,5-7,18H2,1-4H3. The number of rotatable bonds is 2. The molecule has 2 heterocycles. The summed E-state index contributed by atoms with van der Waals surface area (Å²) in [5.41, 5.74) is 8.67. The van der Waals surface area contributed by atoms with Crippen molar-refractivity contribution in [1.29, 1.82) is 0 Å². The molecule has 0 radical (unpaired) electrons. The van der Waals surface area contributed by atoms with Crippen LogP contribution >= 0.6 is 0 Å². The molecule has 0 aromatic carbocycles. The summed E-state index contributed by atoms with van der Waals surface area (Å²) in [5.74, 6) is 2.17. The summed E-state index contributed by atoms with van der Waals surface area (Å²) in [6.07, 6.45) is 5.93. The molecule has 1 saturated carbocycles. The first-order valence-corrected chi connectivity index (χ1v) is 8.02. The SMILES string of the molecule is CCn1c(C2CCC(N)C(C)C2(C)C)nc2cnccc21. The number of imidazole rings is 1. The molecule has 114 valence electrons. The zero-order valence-corrected chi connectivity index (χ0v) is 13.5. The molecule has 3 rings (SSSR count). The van der Waals surface area contributed by atoms with E-state index in [1.807, 2.05) is 12.4 Å². The topological polar surface area (TPSA) is 56.7 Å². The lowest BCUT2D eigenvalue weighted by Crippen LogP contribution is -2.46. The van der Waals surface area contributed by atoms with Gasteiger partial charge in [0, 0.05) is 24.7 Å². The van der Waals surface area contributed by atoms with E-state index in [0.717, 1.165) is 24.9 Å². The van der Waals surface area contributed by atoms with Gasteiger partial charge in [-0.1, -0.05) is 20.8 Å². The molecule has 2 N–H and O–H groups in total. The van der Waals surface area contributed by atoms with Gasteiger partial charge in [0.05, 0.1) is 11.7 Å². The van der Waals surface area contributed by atoms with E-state index in [0.29, 0.717) is 17.9 Å². The average Bonchev–Trinajstić information content (AvgIpc) is 2.83. The molecule has 21 heavy (non-hydrogen) atoms. The lowest BCUT2D eigenvalue weighted by Gasteiger charge is -2.46. The maximum atomic E-state index is 6.30. The largest absolute Gasteiger partial charge is 0.328 e. The van der Waals surface area contributed by atoms with E-state index >= 15 is 0 Å². The van der Waals surface area contributed by atoms with Gasteiger partial charge in [-0.2, -0.15) is 0 Å². The Morgan fingerprint density at radius 3 is 2.86 bits per heavy atom. The number of nitrogens with two attached hydrogens (primary N) is 1. The van der Waals surface area contributed by atoms with Crippen molar-refractivity contribution >= 4 is 11.0 Å². The quantitative estimate of drug-likeness (QED) is 0.921. The molecule has 3 atom stereocenters. The van der Waals surface area contributed by atoms with Crippen molar-refractivity contribution in [2.45, 2.75) is 59.0 Å². The fourth-order valence-electron chi connectivity index (χ4n) is 3.91. The van der Waals surface area contributed by atoms with Crippen molar-refractivity contribution < 1.29 is 0 Å². The molecule has 0 aliphatic heterocycles. The van der Waals surface area contributed by atoms with Gasteiger partial charge in [-0.15, -0.1) is 0 Å². The van der Waals surface area contributed by atoms with Crippen LogP contribution in [0, 0.1) is 11.3 Å². The number of hydrogen-bond acceptors (Lipinski definition) is 3. The van der Waals surface area contributed by atoms with Gasteiger partial charge >= 0.3 is 0 Å². The van der Waals surface area contributed by atoms with E-state index in [1.165, 1.54) is 11.3 Å². The second kappa shape index (κ2) is 5.09. The van der Waals surface area contributed by atoms with Gasteiger partial charge in [0.2, 0.25) is 0 Å². The summed E-state index contributed by atoms with van der Waals surface area (Å²) in [6, 6.07) is 2.37. The Labute approximate surface area is 126 Å². The molecule has 2 aromatic rings. The zero-order valence-electron chi connectivity index (χ0n) is 13.5. The molecule has 0 saturated heterocycles. The van der Waals surface area contributed by atoms with Crippen molar-refractivity contribution in [3.05, 3.63) is 24.3 Å². The third-order valence-corrected chi connectivity index (χ3v) is 5.71. The number of pyridine rings is 1. The van der Waals surface area contributed by atoms with Crippen molar-refractivity contribution in [3.8, 4) is 0 Å². The smallest absolute Gasteiger partial charge is 0.113 e. The maximum absolute atomic E-state index is 6.30. The first kappa shape index (κ1) is 14.5. The van der Waals surface area contributed by atoms with E-state index in [2.05, 4.69) is 43.3 Å². The van der Waals surface area contributed by atoms with Gasteiger partial charge in [0.1, 0.15) is 11.3 Å². The lowest BCUT2D eigenvalue weighted by molar-refractivity contribution is 0.0932. The molecular weight excluding hydrogens is 260 g/mol. The first-order chi connectivity index (χ1) is 9.96.